The van der Waals surface area contributed by atoms with Gasteiger partial charge in [-0.15, -0.1) is 0 Å². The minimum absolute atomic E-state index is 0.107. The van der Waals surface area contributed by atoms with Gasteiger partial charge in [-0.1, -0.05) is 41.5 Å². The Morgan fingerprint density at radius 3 is 1.27 bits per heavy atom. The van der Waals surface area contributed by atoms with E-state index < -0.39 is 9.76 Å². The molecule has 4 nitrogen and oxygen atoms in total. The largest absolute Gasteiger partial charge is 0.418 e. The third kappa shape index (κ3) is 15.0. The molecule has 0 heterocycles. The van der Waals surface area contributed by atoms with Gasteiger partial charge in [-0.3, -0.25) is 0 Å². The van der Waals surface area contributed by atoms with E-state index in [9.17, 15) is 0 Å². The molecule has 0 aliphatic rings. The highest BCUT2D eigenvalue weighted by atomic mass is 28.2. The van der Waals surface area contributed by atoms with Gasteiger partial charge >= 0.3 is 0 Å². The van der Waals surface area contributed by atoms with E-state index in [1.165, 1.54) is 97.1 Å². The van der Waals surface area contributed by atoms with Crippen LogP contribution in [-0.2, 0) is 4.43 Å². The van der Waals surface area contributed by atoms with E-state index in [-0.39, 0.29) is 5.60 Å². The van der Waals surface area contributed by atoms with E-state index in [1.807, 2.05) is 0 Å². The van der Waals surface area contributed by atoms with Gasteiger partial charge in [0.05, 0.1) is 5.60 Å². The molecule has 0 radical (unpaired) electrons. The molecule has 0 aromatic carbocycles. The van der Waals surface area contributed by atoms with Crippen molar-refractivity contribution in [3.8, 4) is 0 Å². The summed E-state index contributed by atoms with van der Waals surface area (Å²) in [6.07, 6.45) is 11.1. The van der Waals surface area contributed by atoms with Crippen molar-refractivity contribution in [3.05, 3.63) is 0 Å². The maximum Gasteiger partial charge on any atom is 0.176 e. The summed E-state index contributed by atoms with van der Waals surface area (Å²) in [5, 5.41) is 0. The average molecular weight is 444 g/mol. The minimum Gasteiger partial charge on any atom is -0.418 e. The standard InChI is InChI=1S/C25H57N3OSi/c1-8-16-26(17-9-2)20-14-22-28(24-30-29-25(7,12-5)13-6)23-15-21-27(18-10-3)19-11-4/h8-24,30H2,1-7H3. The SMILES string of the molecule is CCCN(CCC)CCCN(CCCN(CCC)CCC)C[SiH2]OC(C)(CC)CC. The van der Waals surface area contributed by atoms with Crippen LogP contribution >= 0.6 is 0 Å². The number of hydrogen-bond acceptors (Lipinski definition) is 4. The van der Waals surface area contributed by atoms with Crippen LogP contribution in [0.5, 0.6) is 0 Å². The fourth-order valence-corrected chi connectivity index (χ4v) is 5.88. The summed E-state index contributed by atoms with van der Waals surface area (Å²) >= 11 is 0. The molecule has 30 heavy (non-hydrogen) atoms. The average Bonchev–Trinajstić information content (AvgIpc) is 2.73. The van der Waals surface area contributed by atoms with Crippen molar-refractivity contribution in [2.45, 2.75) is 105 Å². The third-order valence-electron chi connectivity index (χ3n) is 6.41. The Bertz CT molecular complexity index is 332. The molecule has 0 spiro atoms. The van der Waals surface area contributed by atoms with Crippen LogP contribution in [0, 0.1) is 0 Å². The van der Waals surface area contributed by atoms with Crippen LogP contribution < -0.4 is 0 Å². The Balaban J connectivity index is 4.58. The summed E-state index contributed by atoms with van der Waals surface area (Å²) in [5.74, 6) is 0. The van der Waals surface area contributed by atoms with E-state index in [4.69, 9.17) is 4.43 Å². The fourth-order valence-electron chi connectivity index (χ4n) is 4.18. The first-order valence-corrected chi connectivity index (χ1v) is 14.9. The second-order valence-electron chi connectivity index (χ2n) is 9.24. The van der Waals surface area contributed by atoms with Gasteiger partial charge in [0.25, 0.3) is 0 Å². The van der Waals surface area contributed by atoms with E-state index in [0.717, 1.165) is 12.8 Å². The molecule has 0 rings (SSSR count). The first kappa shape index (κ1) is 30.1. The zero-order chi connectivity index (χ0) is 22.7. The van der Waals surface area contributed by atoms with Gasteiger partial charge in [-0.2, -0.15) is 0 Å². The highest BCUT2D eigenvalue weighted by molar-refractivity contribution is 6.27. The zero-order valence-electron chi connectivity index (χ0n) is 22.0. The molecule has 0 saturated heterocycles. The van der Waals surface area contributed by atoms with Crippen molar-refractivity contribution in [2.75, 3.05) is 58.5 Å². The van der Waals surface area contributed by atoms with Crippen molar-refractivity contribution in [3.63, 3.8) is 0 Å². The smallest absolute Gasteiger partial charge is 0.176 e. The Kier molecular flexibility index (Phi) is 19.8. The summed E-state index contributed by atoms with van der Waals surface area (Å²) < 4.78 is 6.44. The lowest BCUT2D eigenvalue weighted by Gasteiger charge is -2.31. The monoisotopic (exact) mass is 443 g/mol. The third-order valence-corrected chi connectivity index (χ3v) is 8.13. The van der Waals surface area contributed by atoms with E-state index in [0.29, 0.717) is 0 Å². The Labute approximate surface area is 193 Å². The Morgan fingerprint density at radius 1 is 0.567 bits per heavy atom. The highest BCUT2D eigenvalue weighted by Crippen LogP contribution is 2.18. The molecule has 0 bridgehead atoms. The van der Waals surface area contributed by atoms with Gasteiger partial charge in [0.15, 0.2) is 9.76 Å². The number of hydrogen-bond donors (Lipinski definition) is 0. The van der Waals surface area contributed by atoms with Gasteiger partial charge in [-0.25, -0.2) is 0 Å². The van der Waals surface area contributed by atoms with Crippen molar-refractivity contribution in [1.82, 2.24) is 14.7 Å². The molecule has 0 saturated carbocycles. The van der Waals surface area contributed by atoms with Crippen LogP contribution in [0.3, 0.4) is 0 Å². The number of rotatable bonds is 22. The van der Waals surface area contributed by atoms with Crippen LogP contribution in [0.15, 0.2) is 0 Å². The van der Waals surface area contributed by atoms with Crippen molar-refractivity contribution in [1.29, 1.82) is 0 Å². The molecule has 0 aromatic heterocycles. The Morgan fingerprint density at radius 2 is 0.933 bits per heavy atom. The summed E-state index contributed by atoms with van der Waals surface area (Å²) in [7, 11) is -0.497. The summed E-state index contributed by atoms with van der Waals surface area (Å²) in [5.41, 5.74) is 0.107. The molecular weight excluding hydrogens is 386 g/mol. The van der Waals surface area contributed by atoms with Crippen LogP contribution in [0.25, 0.3) is 0 Å². The summed E-state index contributed by atoms with van der Waals surface area (Å²) in [6, 6.07) is 0. The van der Waals surface area contributed by atoms with Gasteiger partial charge in [0, 0.05) is 6.17 Å². The Hall–Kier alpha value is 0.0569. The molecule has 0 fully saturated rings. The van der Waals surface area contributed by atoms with Crippen molar-refractivity contribution >= 4 is 9.76 Å². The summed E-state index contributed by atoms with van der Waals surface area (Å²) in [4.78, 5) is 8.03. The predicted molar refractivity (Wildman–Crippen MR) is 138 cm³/mol. The van der Waals surface area contributed by atoms with Crippen LogP contribution in [0.2, 0.25) is 0 Å². The quantitative estimate of drug-likeness (QED) is 0.220. The minimum atomic E-state index is -0.497. The second kappa shape index (κ2) is 19.7. The lowest BCUT2D eigenvalue weighted by Crippen LogP contribution is -2.38. The number of nitrogens with zero attached hydrogens (tertiary/aromatic N) is 3. The molecular formula is C25H57N3OSi. The van der Waals surface area contributed by atoms with Crippen LogP contribution in [0.4, 0.5) is 0 Å². The topological polar surface area (TPSA) is 19.0 Å². The molecule has 0 N–H and O–H groups in total. The fraction of sp³-hybridized carbons (Fsp3) is 1.00. The maximum atomic E-state index is 6.44. The van der Waals surface area contributed by atoms with Gasteiger partial charge in [0.1, 0.15) is 0 Å². The van der Waals surface area contributed by atoms with Gasteiger partial charge < -0.3 is 19.1 Å². The first-order chi connectivity index (χ1) is 14.5. The van der Waals surface area contributed by atoms with Crippen LogP contribution in [-0.4, -0.2) is 88.6 Å². The van der Waals surface area contributed by atoms with E-state index >= 15 is 0 Å². The summed E-state index contributed by atoms with van der Waals surface area (Å²) in [6.45, 7) is 26.0. The molecule has 0 unspecified atom stereocenters. The second-order valence-corrected chi connectivity index (χ2v) is 10.4. The molecule has 0 amide bonds. The molecule has 0 atom stereocenters. The first-order valence-electron chi connectivity index (χ1n) is 13.3. The normalized spacial score (nSPS) is 13.0. The zero-order valence-corrected chi connectivity index (χ0v) is 23.4. The van der Waals surface area contributed by atoms with Gasteiger partial charge in [0.2, 0.25) is 0 Å². The molecule has 0 aliphatic carbocycles. The highest BCUT2D eigenvalue weighted by Gasteiger charge is 2.20. The van der Waals surface area contributed by atoms with E-state index in [2.05, 4.69) is 63.2 Å². The molecule has 0 aliphatic heterocycles. The van der Waals surface area contributed by atoms with E-state index in [1.54, 1.807) is 0 Å². The van der Waals surface area contributed by atoms with Crippen molar-refractivity contribution < 1.29 is 4.43 Å². The van der Waals surface area contributed by atoms with Crippen molar-refractivity contribution in [2.24, 2.45) is 0 Å². The maximum absolute atomic E-state index is 6.44. The molecule has 5 heteroatoms. The molecule has 182 valence electrons. The van der Waals surface area contributed by atoms with Gasteiger partial charge in [-0.05, 0) is 111 Å². The molecule has 0 aromatic rings. The predicted octanol–water partition coefficient (Wildman–Crippen LogP) is 4.95. The lowest BCUT2D eigenvalue weighted by atomic mass is 10.0. The van der Waals surface area contributed by atoms with Crippen LogP contribution in [0.1, 0.15) is 99.8 Å². The lowest BCUT2D eigenvalue weighted by molar-refractivity contribution is 0.0812.